The van der Waals surface area contributed by atoms with E-state index in [1.165, 1.54) is 0 Å². The third-order valence-corrected chi connectivity index (χ3v) is 3.41. The van der Waals surface area contributed by atoms with E-state index in [1.54, 1.807) is 12.4 Å². The maximum Gasteiger partial charge on any atom is 0.304 e. The molecule has 0 amide bonds. The number of carboxylic acid groups (broad SMARTS) is 1. The van der Waals surface area contributed by atoms with Gasteiger partial charge in [0, 0.05) is 25.0 Å². The number of aryl methyl sites for hydroxylation is 1. The van der Waals surface area contributed by atoms with Crippen molar-refractivity contribution >= 4 is 5.97 Å². The Morgan fingerprint density at radius 2 is 2.17 bits per heavy atom. The molecule has 2 rings (SSSR count). The Bertz CT molecular complexity index is 432. The monoisotopic (exact) mass is 249 g/mol. The van der Waals surface area contributed by atoms with E-state index in [0.29, 0.717) is 12.6 Å². The zero-order valence-corrected chi connectivity index (χ0v) is 10.8. The lowest BCUT2D eigenvalue weighted by Gasteiger charge is -2.28. The molecule has 1 aliphatic carbocycles. The third-order valence-electron chi connectivity index (χ3n) is 3.41. The molecule has 1 saturated carbocycles. The Kier molecular flexibility index (Phi) is 3.91. The lowest BCUT2D eigenvalue weighted by molar-refractivity contribution is -0.137. The van der Waals surface area contributed by atoms with Gasteiger partial charge in [0.2, 0.25) is 0 Å². The van der Waals surface area contributed by atoms with Gasteiger partial charge in [0.1, 0.15) is 0 Å². The van der Waals surface area contributed by atoms with Crippen LogP contribution >= 0.6 is 0 Å². The van der Waals surface area contributed by atoms with Gasteiger partial charge in [-0.05, 0) is 26.7 Å². The van der Waals surface area contributed by atoms with Crippen molar-refractivity contribution in [3.63, 3.8) is 0 Å². The molecule has 0 radical (unpaired) electrons. The molecule has 1 atom stereocenters. The average Bonchev–Trinajstić information content (AvgIpc) is 3.13. The van der Waals surface area contributed by atoms with E-state index in [9.17, 15) is 4.79 Å². The summed E-state index contributed by atoms with van der Waals surface area (Å²) in [6.07, 6.45) is 5.87. The summed E-state index contributed by atoms with van der Waals surface area (Å²) in [4.78, 5) is 21.6. The van der Waals surface area contributed by atoms with Crippen LogP contribution in [-0.2, 0) is 4.79 Å². The molecule has 0 bridgehead atoms. The van der Waals surface area contributed by atoms with E-state index >= 15 is 0 Å². The number of hydrogen-bond donors (Lipinski definition) is 1. The number of nitrogens with zero attached hydrogens (tertiary/aromatic N) is 3. The van der Waals surface area contributed by atoms with E-state index in [0.717, 1.165) is 24.2 Å². The van der Waals surface area contributed by atoms with Crippen LogP contribution in [0.25, 0.3) is 0 Å². The summed E-state index contributed by atoms with van der Waals surface area (Å²) in [6, 6.07) is 0.645. The van der Waals surface area contributed by atoms with Crippen LogP contribution in [0.4, 0.5) is 0 Å². The molecule has 0 saturated heterocycles. The van der Waals surface area contributed by atoms with E-state index in [1.807, 2.05) is 6.92 Å². The molecule has 1 fully saturated rings. The van der Waals surface area contributed by atoms with Crippen molar-refractivity contribution in [2.45, 2.75) is 45.2 Å². The standard InChI is InChI=1S/C13H19N3O2/c1-9-13(15-7-6-14-9)10(2)16(11-3-4-11)8-5-12(17)18/h6-7,10-11H,3-5,8H2,1-2H3,(H,17,18). The number of aromatic nitrogens is 2. The summed E-state index contributed by atoms with van der Waals surface area (Å²) in [5.74, 6) is -0.747. The van der Waals surface area contributed by atoms with Gasteiger partial charge in [0.05, 0.1) is 23.9 Å². The zero-order valence-electron chi connectivity index (χ0n) is 10.8. The van der Waals surface area contributed by atoms with Crippen LogP contribution in [0.15, 0.2) is 12.4 Å². The van der Waals surface area contributed by atoms with Crippen molar-refractivity contribution in [2.75, 3.05) is 6.54 Å². The highest BCUT2D eigenvalue weighted by atomic mass is 16.4. The van der Waals surface area contributed by atoms with Crippen LogP contribution in [0.1, 0.15) is 43.6 Å². The number of carboxylic acids is 1. The van der Waals surface area contributed by atoms with Crippen LogP contribution < -0.4 is 0 Å². The second-order valence-corrected chi connectivity index (χ2v) is 4.82. The first kappa shape index (κ1) is 13.0. The second-order valence-electron chi connectivity index (χ2n) is 4.82. The summed E-state index contributed by atoms with van der Waals surface area (Å²) in [5.41, 5.74) is 1.88. The molecule has 1 heterocycles. The molecule has 0 spiro atoms. The van der Waals surface area contributed by atoms with Crippen LogP contribution in [0.5, 0.6) is 0 Å². The van der Waals surface area contributed by atoms with E-state index in [2.05, 4.69) is 21.8 Å². The maximum absolute atomic E-state index is 10.7. The fourth-order valence-corrected chi connectivity index (χ4v) is 2.31. The summed E-state index contributed by atoms with van der Waals surface area (Å²) in [7, 11) is 0. The van der Waals surface area contributed by atoms with Crippen LogP contribution in [-0.4, -0.2) is 38.5 Å². The molecule has 1 unspecified atom stereocenters. The average molecular weight is 249 g/mol. The molecule has 1 aliphatic rings. The molecule has 5 heteroatoms. The minimum absolute atomic E-state index is 0.130. The molecular weight excluding hydrogens is 230 g/mol. The minimum atomic E-state index is -0.747. The summed E-state index contributed by atoms with van der Waals surface area (Å²) in [6.45, 7) is 4.61. The van der Waals surface area contributed by atoms with Gasteiger partial charge in [-0.1, -0.05) is 0 Å². The molecule has 18 heavy (non-hydrogen) atoms. The fourth-order valence-electron chi connectivity index (χ4n) is 2.31. The highest BCUT2D eigenvalue weighted by molar-refractivity contribution is 5.66. The summed E-state index contributed by atoms with van der Waals surface area (Å²) in [5, 5.41) is 8.82. The second kappa shape index (κ2) is 5.44. The predicted octanol–water partition coefficient (Wildman–Crippen LogP) is 1.79. The van der Waals surface area contributed by atoms with Gasteiger partial charge >= 0.3 is 5.97 Å². The molecule has 1 N–H and O–H groups in total. The van der Waals surface area contributed by atoms with Crippen LogP contribution in [0.2, 0.25) is 0 Å². The lowest BCUT2D eigenvalue weighted by atomic mass is 10.1. The Balaban J connectivity index is 2.10. The molecule has 98 valence electrons. The Morgan fingerprint density at radius 3 is 2.72 bits per heavy atom. The molecule has 0 aromatic carbocycles. The van der Waals surface area contributed by atoms with E-state index in [-0.39, 0.29) is 12.5 Å². The van der Waals surface area contributed by atoms with E-state index < -0.39 is 5.97 Å². The maximum atomic E-state index is 10.7. The number of aliphatic carboxylic acids is 1. The first-order valence-electron chi connectivity index (χ1n) is 6.34. The first-order valence-corrected chi connectivity index (χ1v) is 6.34. The normalized spacial score (nSPS) is 16.8. The molecule has 0 aliphatic heterocycles. The smallest absolute Gasteiger partial charge is 0.304 e. The van der Waals surface area contributed by atoms with Crippen LogP contribution in [0.3, 0.4) is 0 Å². The number of hydrogen-bond acceptors (Lipinski definition) is 4. The van der Waals surface area contributed by atoms with Gasteiger partial charge in [-0.2, -0.15) is 0 Å². The van der Waals surface area contributed by atoms with Crippen molar-refractivity contribution in [3.8, 4) is 0 Å². The van der Waals surface area contributed by atoms with Crippen molar-refractivity contribution in [2.24, 2.45) is 0 Å². The molecule has 5 nitrogen and oxygen atoms in total. The van der Waals surface area contributed by atoms with Gasteiger partial charge in [-0.25, -0.2) is 0 Å². The van der Waals surface area contributed by atoms with Gasteiger partial charge in [-0.3, -0.25) is 19.7 Å². The SMILES string of the molecule is Cc1nccnc1C(C)N(CCC(=O)O)C1CC1. The van der Waals surface area contributed by atoms with Gasteiger partial charge in [0.25, 0.3) is 0 Å². The van der Waals surface area contributed by atoms with Crippen molar-refractivity contribution < 1.29 is 9.90 Å². The molecule has 1 aromatic rings. The number of rotatable bonds is 6. The minimum Gasteiger partial charge on any atom is -0.481 e. The quantitative estimate of drug-likeness (QED) is 0.832. The van der Waals surface area contributed by atoms with E-state index in [4.69, 9.17) is 5.11 Å². The van der Waals surface area contributed by atoms with Crippen molar-refractivity contribution in [1.29, 1.82) is 0 Å². The lowest BCUT2D eigenvalue weighted by Crippen LogP contribution is -2.32. The topological polar surface area (TPSA) is 66.3 Å². The summed E-state index contributed by atoms with van der Waals surface area (Å²) < 4.78 is 0. The highest BCUT2D eigenvalue weighted by Crippen LogP contribution is 2.34. The Hall–Kier alpha value is -1.49. The third kappa shape index (κ3) is 3.04. The number of carbonyl (C=O) groups is 1. The zero-order chi connectivity index (χ0) is 13.1. The first-order chi connectivity index (χ1) is 8.59. The molecule has 1 aromatic heterocycles. The highest BCUT2D eigenvalue weighted by Gasteiger charge is 2.33. The van der Waals surface area contributed by atoms with Gasteiger partial charge in [0.15, 0.2) is 0 Å². The largest absolute Gasteiger partial charge is 0.481 e. The fraction of sp³-hybridized carbons (Fsp3) is 0.615. The Morgan fingerprint density at radius 1 is 1.50 bits per heavy atom. The predicted molar refractivity (Wildman–Crippen MR) is 67.2 cm³/mol. The summed E-state index contributed by atoms with van der Waals surface area (Å²) >= 11 is 0. The van der Waals surface area contributed by atoms with Crippen LogP contribution in [0, 0.1) is 6.92 Å². The van der Waals surface area contributed by atoms with Gasteiger partial charge in [-0.15, -0.1) is 0 Å². The molecular formula is C13H19N3O2. The Labute approximate surface area is 107 Å². The van der Waals surface area contributed by atoms with Crippen molar-refractivity contribution in [3.05, 3.63) is 23.8 Å². The van der Waals surface area contributed by atoms with Crippen molar-refractivity contribution in [1.82, 2.24) is 14.9 Å². The van der Waals surface area contributed by atoms with Gasteiger partial charge < -0.3 is 5.11 Å².